The van der Waals surface area contributed by atoms with Crippen molar-refractivity contribution >= 4 is 21.6 Å². The molecule has 0 fully saturated rings. The van der Waals surface area contributed by atoms with E-state index in [1.165, 1.54) is 24.1 Å². The Morgan fingerprint density at radius 1 is 1.25 bits per heavy atom. The standard InChI is InChI=1S/C17H29BrN2/c1-5-10-19-12-15-11-16(18)8-9-17(15)20(7-3)13-14(4)6-2/h8-9,11,14,19H,5-7,10,12-13H2,1-4H3. The number of hydrogen-bond acceptors (Lipinski definition) is 2. The zero-order chi connectivity index (χ0) is 15.0. The summed E-state index contributed by atoms with van der Waals surface area (Å²) >= 11 is 3.59. The third-order valence-electron chi connectivity index (χ3n) is 3.74. The molecule has 0 aliphatic carbocycles. The zero-order valence-corrected chi connectivity index (χ0v) is 15.0. The van der Waals surface area contributed by atoms with E-state index in [2.05, 4.69) is 72.0 Å². The van der Waals surface area contributed by atoms with Gasteiger partial charge in [-0.05, 0) is 49.6 Å². The minimum Gasteiger partial charge on any atom is -0.371 e. The summed E-state index contributed by atoms with van der Waals surface area (Å²) in [6, 6.07) is 6.65. The third-order valence-corrected chi connectivity index (χ3v) is 4.23. The predicted octanol–water partition coefficient (Wildman–Crippen LogP) is 4.82. The Hall–Kier alpha value is -0.540. The normalized spacial score (nSPS) is 12.4. The Morgan fingerprint density at radius 3 is 2.60 bits per heavy atom. The fourth-order valence-electron chi connectivity index (χ4n) is 2.31. The second-order valence-corrected chi connectivity index (χ2v) is 6.42. The largest absolute Gasteiger partial charge is 0.371 e. The second kappa shape index (κ2) is 9.41. The number of hydrogen-bond donors (Lipinski definition) is 1. The molecule has 2 nitrogen and oxygen atoms in total. The van der Waals surface area contributed by atoms with E-state index in [4.69, 9.17) is 0 Å². The molecule has 0 aliphatic heterocycles. The van der Waals surface area contributed by atoms with Gasteiger partial charge >= 0.3 is 0 Å². The van der Waals surface area contributed by atoms with Crippen molar-refractivity contribution in [2.24, 2.45) is 5.92 Å². The summed E-state index contributed by atoms with van der Waals surface area (Å²) in [7, 11) is 0. The molecule has 3 heteroatoms. The molecule has 0 bridgehead atoms. The number of benzene rings is 1. The molecular formula is C17H29BrN2. The Bertz CT molecular complexity index is 393. The number of anilines is 1. The van der Waals surface area contributed by atoms with Crippen molar-refractivity contribution in [1.82, 2.24) is 5.32 Å². The van der Waals surface area contributed by atoms with Gasteiger partial charge in [0.25, 0.3) is 0 Å². The van der Waals surface area contributed by atoms with Crippen LogP contribution in [-0.2, 0) is 6.54 Å². The van der Waals surface area contributed by atoms with Crippen molar-refractivity contribution in [3.8, 4) is 0 Å². The monoisotopic (exact) mass is 340 g/mol. The second-order valence-electron chi connectivity index (χ2n) is 5.50. The van der Waals surface area contributed by atoms with Gasteiger partial charge in [0.15, 0.2) is 0 Å². The van der Waals surface area contributed by atoms with Crippen LogP contribution in [0, 0.1) is 5.92 Å². The van der Waals surface area contributed by atoms with Gasteiger partial charge in [-0.15, -0.1) is 0 Å². The van der Waals surface area contributed by atoms with Crippen molar-refractivity contribution in [3.05, 3.63) is 28.2 Å². The Labute approximate surface area is 133 Å². The maximum absolute atomic E-state index is 3.59. The number of nitrogens with one attached hydrogen (secondary N) is 1. The van der Waals surface area contributed by atoms with Gasteiger partial charge in [-0.3, -0.25) is 0 Å². The van der Waals surface area contributed by atoms with Crippen LogP contribution in [-0.4, -0.2) is 19.6 Å². The van der Waals surface area contributed by atoms with Crippen LogP contribution in [0.3, 0.4) is 0 Å². The quantitative estimate of drug-likeness (QED) is 0.648. The first-order valence-electron chi connectivity index (χ1n) is 7.86. The fraction of sp³-hybridized carbons (Fsp3) is 0.647. The lowest BCUT2D eigenvalue weighted by atomic mass is 10.1. The molecule has 1 aromatic carbocycles. The highest BCUT2D eigenvalue weighted by atomic mass is 79.9. The molecule has 0 saturated carbocycles. The number of halogens is 1. The highest BCUT2D eigenvalue weighted by Gasteiger charge is 2.12. The Kier molecular flexibility index (Phi) is 8.24. The van der Waals surface area contributed by atoms with E-state index in [1.54, 1.807) is 0 Å². The van der Waals surface area contributed by atoms with E-state index in [0.717, 1.165) is 36.6 Å². The molecule has 0 aliphatic rings. The molecular weight excluding hydrogens is 312 g/mol. The van der Waals surface area contributed by atoms with Gasteiger partial charge in [-0.25, -0.2) is 0 Å². The van der Waals surface area contributed by atoms with E-state index >= 15 is 0 Å². The van der Waals surface area contributed by atoms with Gasteiger partial charge in [0, 0.05) is 29.8 Å². The molecule has 20 heavy (non-hydrogen) atoms. The summed E-state index contributed by atoms with van der Waals surface area (Å²) in [5, 5.41) is 3.52. The first-order chi connectivity index (χ1) is 9.62. The molecule has 1 atom stereocenters. The lowest BCUT2D eigenvalue weighted by Gasteiger charge is -2.28. The first-order valence-corrected chi connectivity index (χ1v) is 8.65. The molecule has 0 spiro atoms. The minimum absolute atomic E-state index is 0.732. The van der Waals surface area contributed by atoms with Gasteiger partial charge in [0.1, 0.15) is 0 Å². The highest BCUT2D eigenvalue weighted by molar-refractivity contribution is 9.10. The number of nitrogens with zero attached hydrogens (tertiary/aromatic N) is 1. The maximum Gasteiger partial charge on any atom is 0.0412 e. The smallest absolute Gasteiger partial charge is 0.0412 e. The van der Waals surface area contributed by atoms with Crippen LogP contribution < -0.4 is 10.2 Å². The molecule has 1 unspecified atom stereocenters. The third kappa shape index (κ3) is 5.45. The van der Waals surface area contributed by atoms with Crippen LogP contribution in [0.25, 0.3) is 0 Å². The van der Waals surface area contributed by atoms with Gasteiger partial charge in [0.05, 0.1) is 0 Å². The lowest BCUT2D eigenvalue weighted by molar-refractivity contribution is 0.546. The van der Waals surface area contributed by atoms with Crippen molar-refractivity contribution in [1.29, 1.82) is 0 Å². The Morgan fingerprint density at radius 2 is 2.00 bits per heavy atom. The average molecular weight is 341 g/mol. The van der Waals surface area contributed by atoms with E-state index in [1.807, 2.05) is 0 Å². The molecule has 0 aromatic heterocycles. The van der Waals surface area contributed by atoms with Crippen LogP contribution in [0.4, 0.5) is 5.69 Å². The van der Waals surface area contributed by atoms with E-state index < -0.39 is 0 Å². The van der Waals surface area contributed by atoms with Crippen molar-refractivity contribution in [2.45, 2.75) is 47.1 Å². The van der Waals surface area contributed by atoms with Crippen LogP contribution in [0.2, 0.25) is 0 Å². The summed E-state index contributed by atoms with van der Waals surface area (Å²) in [6.07, 6.45) is 2.41. The summed E-state index contributed by atoms with van der Waals surface area (Å²) in [5.41, 5.74) is 2.76. The molecule has 1 rings (SSSR count). The minimum atomic E-state index is 0.732. The summed E-state index contributed by atoms with van der Waals surface area (Å²) < 4.78 is 1.16. The molecule has 1 N–H and O–H groups in total. The average Bonchev–Trinajstić information content (AvgIpc) is 2.45. The molecule has 0 heterocycles. The van der Waals surface area contributed by atoms with Crippen LogP contribution in [0.1, 0.15) is 46.1 Å². The predicted molar refractivity (Wildman–Crippen MR) is 93.5 cm³/mol. The number of rotatable bonds is 9. The molecule has 1 aromatic rings. The van der Waals surface area contributed by atoms with Crippen LogP contribution in [0.5, 0.6) is 0 Å². The Balaban J connectivity index is 2.89. The van der Waals surface area contributed by atoms with Gasteiger partial charge in [0.2, 0.25) is 0 Å². The topological polar surface area (TPSA) is 15.3 Å². The van der Waals surface area contributed by atoms with Gasteiger partial charge in [-0.1, -0.05) is 43.1 Å². The van der Waals surface area contributed by atoms with Crippen LogP contribution >= 0.6 is 15.9 Å². The van der Waals surface area contributed by atoms with Crippen molar-refractivity contribution in [3.63, 3.8) is 0 Å². The lowest BCUT2D eigenvalue weighted by Crippen LogP contribution is -2.29. The summed E-state index contributed by atoms with van der Waals surface area (Å²) in [4.78, 5) is 2.50. The zero-order valence-electron chi connectivity index (χ0n) is 13.4. The van der Waals surface area contributed by atoms with Gasteiger partial charge in [-0.2, -0.15) is 0 Å². The van der Waals surface area contributed by atoms with E-state index in [0.29, 0.717) is 0 Å². The van der Waals surface area contributed by atoms with Crippen molar-refractivity contribution in [2.75, 3.05) is 24.5 Å². The SMILES string of the molecule is CCCNCc1cc(Br)ccc1N(CC)CC(C)CC. The summed E-state index contributed by atoms with van der Waals surface area (Å²) in [5.74, 6) is 0.732. The molecule has 0 saturated heterocycles. The first kappa shape index (κ1) is 17.5. The van der Waals surface area contributed by atoms with Crippen LogP contribution in [0.15, 0.2) is 22.7 Å². The highest BCUT2D eigenvalue weighted by Crippen LogP contribution is 2.25. The van der Waals surface area contributed by atoms with Gasteiger partial charge < -0.3 is 10.2 Å². The fourth-order valence-corrected chi connectivity index (χ4v) is 2.72. The maximum atomic E-state index is 3.59. The molecule has 0 amide bonds. The summed E-state index contributed by atoms with van der Waals surface area (Å²) in [6.45, 7) is 13.3. The van der Waals surface area contributed by atoms with Crippen molar-refractivity contribution < 1.29 is 0 Å². The molecule has 0 radical (unpaired) electrons. The van der Waals surface area contributed by atoms with E-state index in [-0.39, 0.29) is 0 Å². The molecule has 114 valence electrons. The van der Waals surface area contributed by atoms with E-state index in [9.17, 15) is 0 Å².